The molecule has 7 heteroatoms. The smallest absolute Gasteiger partial charge is 0.255 e. The first-order valence-electron chi connectivity index (χ1n) is 8.52. The van der Waals surface area contributed by atoms with Crippen LogP contribution in [0.5, 0.6) is 0 Å². The average molecular weight is 365 g/mol. The summed E-state index contributed by atoms with van der Waals surface area (Å²) in [5.74, 6) is -0.113. The molecule has 1 aromatic carbocycles. The molecule has 0 unspecified atom stereocenters. The lowest BCUT2D eigenvalue weighted by molar-refractivity contribution is 0.0949. The van der Waals surface area contributed by atoms with Gasteiger partial charge in [-0.15, -0.1) is 11.3 Å². The van der Waals surface area contributed by atoms with Gasteiger partial charge >= 0.3 is 0 Å². The first-order chi connectivity index (χ1) is 12.7. The Bertz CT molecular complexity index is 1000. The summed E-state index contributed by atoms with van der Waals surface area (Å²) in [6.07, 6.45) is 6.30. The van der Waals surface area contributed by atoms with Crippen LogP contribution in [0.2, 0.25) is 0 Å². The minimum Gasteiger partial charge on any atom is -0.346 e. The van der Waals surface area contributed by atoms with E-state index >= 15 is 0 Å². The molecule has 6 nitrogen and oxygen atoms in total. The van der Waals surface area contributed by atoms with E-state index in [4.69, 9.17) is 0 Å². The molecule has 0 aliphatic carbocycles. The molecule has 0 saturated heterocycles. The summed E-state index contributed by atoms with van der Waals surface area (Å²) < 4.78 is 3.86. The van der Waals surface area contributed by atoms with Crippen molar-refractivity contribution in [1.82, 2.24) is 24.5 Å². The molecule has 0 aliphatic rings. The van der Waals surface area contributed by atoms with Gasteiger partial charge in [-0.2, -0.15) is 5.10 Å². The van der Waals surface area contributed by atoms with E-state index in [-0.39, 0.29) is 5.91 Å². The van der Waals surface area contributed by atoms with Gasteiger partial charge in [0.2, 0.25) is 0 Å². The standard InChI is InChI=1S/C19H19N5OS/c1-2-17-16(11-21-24(17)12-14-6-4-3-5-7-14)18(25)20-10-15-13-23-8-9-26-19(23)22-15/h3-9,11,13H,2,10,12H2,1H3,(H,20,25). The molecule has 4 aromatic rings. The van der Waals surface area contributed by atoms with Gasteiger partial charge in [-0.3, -0.25) is 13.9 Å². The zero-order valence-electron chi connectivity index (χ0n) is 14.4. The fourth-order valence-corrected chi connectivity index (χ4v) is 3.71. The monoisotopic (exact) mass is 365 g/mol. The van der Waals surface area contributed by atoms with Gasteiger partial charge in [0.15, 0.2) is 4.96 Å². The summed E-state index contributed by atoms with van der Waals surface area (Å²) in [5.41, 5.74) is 3.58. The van der Waals surface area contributed by atoms with Gasteiger partial charge < -0.3 is 5.32 Å². The molecule has 1 N–H and O–H groups in total. The molecule has 0 aliphatic heterocycles. The van der Waals surface area contributed by atoms with Crippen LogP contribution in [-0.2, 0) is 19.5 Å². The van der Waals surface area contributed by atoms with Crippen LogP contribution in [0.4, 0.5) is 0 Å². The number of fused-ring (bicyclic) bond motifs is 1. The van der Waals surface area contributed by atoms with E-state index < -0.39 is 0 Å². The maximum atomic E-state index is 12.6. The highest BCUT2D eigenvalue weighted by Crippen LogP contribution is 2.14. The summed E-state index contributed by atoms with van der Waals surface area (Å²) in [4.78, 5) is 18.0. The number of hydrogen-bond acceptors (Lipinski definition) is 4. The van der Waals surface area contributed by atoms with Crippen LogP contribution in [0.3, 0.4) is 0 Å². The normalized spacial score (nSPS) is 11.1. The second kappa shape index (κ2) is 7.13. The Labute approximate surface area is 155 Å². The highest BCUT2D eigenvalue weighted by molar-refractivity contribution is 7.15. The Morgan fingerprint density at radius 3 is 2.88 bits per heavy atom. The predicted octanol–water partition coefficient (Wildman–Crippen LogP) is 3.13. The summed E-state index contributed by atoms with van der Waals surface area (Å²) in [7, 11) is 0. The molecule has 0 atom stereocenters. The largest absolute Gasteiger partial charge is 0.346 e. The van der Waals surface area contributed by atoms with E-state index in [2.05, 4.69) is 27.5 Å². The van der Waals surface area contributed by atoms with Crippen molar-refractivity contribution < 1.29 is 4.79 Å². The van der Waals surface area contributed by atoms with E-state index in [0.717, 1.165) is 28.3 Å². The van der Waals surface area contributed by atoms with Gasteiger partial charge in [0.25, 0.3) is 5.91 Å². The summed E-state index contributed by atoms with van der Waals surface area (Å²) in [6, 6.07) is 10.1. The van der Waals surface area contributed by atoms with Crippen molar-refractivity contribution in [2.75, 3.05) is 0 Å². The van der Waals surface area contributed by atoms with Gasteiger partial charge in [0.1, 0.15) is 0 Å². The minimum atomic E-state index is -0.113. The summed E-state index contributed by atoms with van der Waals surface area (Å²) in [6.45, 7) is 3.10. The molecule has 132 valence electrons. The van der Waals surface area contributed by atoms with Crippen molar-refractivity contribution in [2.45, 2.75) is 26.4 Å². The molecule has 1 amide bonds. The van der Waals surface area contributed by atoms with Crippen LogP contribution >= 0.6 is 11.3 Å². The number of benzene rings is 1. The lowest BCUT2D eigenvalue weighted by Crippen LogP contribution is -2.24. The van der Waals surface area contributed by atoms with Crippen LogP contribution in [0.1, 0.15) is 34.2 Å². The number of aromatic nitrogens is 4. The van der Waals surface area contributed by atoms with Crippen molar-refractivity contribution in [3.05, 3.63) is 76.8 Å². The Morgan fingerprint density at radius 2 is 2.12 bits per heavy atom. The van der Waals surface area contributed by atoms with E-state index in [1.807, 2.05) is 52.0 Å². The van der Waals surface area contributed by atoms with Gasteiger partial charge in [-0.25, -0.2) is 4.98 Å². The second-order valence-corrected chi connectivity index (χ2v) is 6.88. The fraction of sp³-hybridized carbons (Fsp3) is 0.211. The van der Waals surface area contributed by atoms with E-state index in [1.54, 1.807) is 17.5 Å². The average Bonchev–Trinajstić information content (AvgIpc) is 3.35. The molecular weight excluding hydrogens is 346 g/mol. The molecule has 26 heavy (non-hydrogen) atoms. The van der Waals surface area contributed by atoms with Gasteiger partial charge in [-0.05, 0) is 12.0 Å². The molecule has 0 saturated carbocycles. The van der Waals surface area contributed by atoms with Gasteiger partial charge in [-0.1, -0.05) is 37.3 Å². The third kappa shape index (κ3) is 3.25. The van der Waals surface area contributed by atoms with Crippen LogP contribution in [0.25, 0.3) is 4.96 Å². The summed E-state index contributed by atoms with van der Waals surface area (Å²) >= 11 is 1.57. The van der Waals surface area contributed by atoms with Crippen molar-refractivity contribution in [3.8, 4) is 0 Å². The van der Waals surface area contributed by atoms with Gasteiger partial charge in [0.05, 0.1) is 36.2 Å². The van der Waals surface area contributed by atoms with E-state index in [9.17, 15) is 4.79 Å². The minimum absolute atomic E-state index is 0.113. The first-order valence-corrected chi connectivity index (χ1v) is 9.40. The quantitative estimate of drug-likeness (QED) is 0.571. The molecule has 4 rings (SSSR count). The third-order valence-corrected chi connectivity index (χ3v) is 5.05. The van der Waals surface area contributed by atoms with Crippen LogP contribution in [-0.4, -0.2) is 25.1 Å². The lowest BCUT2D eigenvalue weighted by atomic mass is 10.1. The number of amides is 1. The number of carbonyl (C=O) groups excluding carboxylic acids is 1. The van der Waals surface area contributed by atoms with Gasteiger partial charge in [0, 0.05) is 17.8 Å². The maximum Gasteiger partial charge on any atom is 0.255 e. The van der Waals surface area contributed by atoms with Crippen molar-refractivity contribution in [1.29, 1.82) is 0 Å². The molecule has 3 heterocycles. The number of thiazole rings is 1. The molecular formula is C19H19N5OS. The number of imidazole rings is 1. The molecule has 3 aromatic heterocycles. The number of nitrogens with zero attached hydrogens (tertiary/aromatic N) is 4. The Balaban J connectivity index is 1.47. The maximum absolute atomic E-state index is 12.6. The fourth-order valence-electron chi connectivity index (χ4n) is 2.99. The van der Waals surface area contributed by atoms with E-state index in [0.29, 0.717) is 18.7 Å². The van der Waals surface area contributed by atoms with Crippen LogP contribution < -0.4 is 5.32 Å². The molecule has 0 spiro atoms. The molecule has 0 fully saturated rings. The topological polar surface area (TPSA) is 64.2 Å². The number of hydrogen-bond donors (Lipinski definition) is 1. The van der Waals surface area contributed by atoms with Crippen molar-refractivity contribution in [3.63, 3.8) is 0 Å². The second-order valence-electron chi connectivity index (χ2n) is 6.01. The Hall–Kier alpha value is -2.93. The number of carbonyl (C=O) groups is 1. The predicted molar refractivity (Wildman–Crippen MR) is 101 cm³/mol. The third-order valence-electron chi connectivity index (χ3n) is 4.28. The molecule has 0 bridgehead atoms. The summed E-state index contributed by atoms with van der Waals surface area (Å²) in [5, 5.41) is 9.36. The SMILES string of the molecule is CCc1c(C(=O)NCc2cn3ccsc3n2)cnn1Cc1ccccc1. The van der Waals surface area contributed by atoms with Crippen molar-refractivity contribution in [2.24, 2.45) is 0 Å². The zero-order valence-corrected chi connectivity index (χ0v) is 15.2. The number of nitrogens with one attached hydrogen (secondary N) is 1. The van der Waals surface area contributed by atoms with Crippen molar-refractivity contribution >= 4 is 22.2 Å². The highest BCUT2D eigenvalue weighted by Gasteiger charge is 2.16. The molecule has 0 radical (unpaired) electrons. The zero-order chi connectivity index (χ0) is 17.9. The Morgan fingerprint density at radius 1 is 1.27 bits per heavy atom. The number of rotatable bonds is 6. The first kappa shape index (κ1) is 16.5. The van der Waals surface area contributed by atoms with Crippen LogP contribution in [0, 0.1) is 0 Å². The Kier molecular flexibility index (Phi) is 4.53. The van der Waals surface area contributed by atoms with Crippen LogP contribution in [0.15, 0.2) is 54.3 Å². The lowest BCUT2D eigenvalue weighted by Gasteiger charge is -2.08. The highest BCUT2D eigenvalue weighted by atomic mass is 32.1. The van der Waals surface area contributed by atoms with E-state index in [1.165, 1.54) is 0 Å².